The Morgan fingerprint density at radius 1 is 0.750 bits per heavy atom. The molecule has 0 unspecified atom stereocenters. The van der Waals surface area contributed by atoms with Crippen LogP contribution in [0.5, 0.6) is 0 Å². The molecule has 0 nitrogen and oxygen atoms in total. The Morgan fingerprint density at radius 3 is 1.67 bits per heavy atom. The average molecular weight is 198 g/mol. The second kappa shape index (κ2) is 2.03. The maximum absolute atomic E-state index is 2.22. The van der Waals surface area contributed by atoms with E-state index in [1.165, 1.54) is 0 Å². The van der Waals surface area contributed by atoms with E-state index in [9.17, 15) is 0 Å². The monoisotopic (exact) mass is 198 g/mol. The summed E-state index contributed by atoms with van der Waals surface area (Å²) in [5.74, 6) is 4.56. The van der Waals surface area contributed by atoms with E-state index in [1.807, 2.05) is 0 Å². The summed E-state index contributed by atoms with van der Waals surface area (Å²) < 4.78 is 0.785. The van der Waals surface area contributed by atoms with Crippen molar-refractivity contribution < 1.29 is 0 Å². The molecule has 0 radical (unpaired) electrons. The summed E-state index contributed by atoms with van der Waals surface area (Å²) in [6, 6.07) is 0. The van der Waals surface area contributed by atoms with Crippen LogP contribution in [0.25, 0.3) is 0 Å². The lowest BCUT2D eigenvalue weighted by molar-refractivity contribution is 0.0194. The summed E-state index contributed by atoms with van der Waals surface area (Å²) in [6.45, 7) is 0. The molecule has 5 fully saturated rings. The topological polar surface area (TPSA) is 0 Å². The minimum atomic E-state index is 0.785. The van der Waals surface area contributed by atoms with E-state index in [-0.39, 0.29) is 0 Å². The molecule has 0 N–H and O–H groups in total. The van der Waals surface area contributed by atoms with Crippen LogP contribution in [-0.4, -0.2) is 4.08 Å². The van der Waals surface area contributed by atoms with Gasteiger partial charge in [-0.3, -0.25) is 0 Å². The van der Waals surface area contributed by atoms with Crippen LogP contribution in [0.1, 0.15) is 32.1 Å². The van der Waals surface area contributed by atoms with E-state index in [0.717, 1.165) is 27.8 Å². The summed E-state index contributed by atoms with van der Waals surface area (Å²) in [4.78, 5) is 0. The van der Waals surface area contributed by atoms with Gasteiger partial charge in [-0.2, -0.15) is 0 Å². The van der Waals surface area contributed by atoms with Crippen molar-refractivity contribution in [3.8, 4) is 0 Å². The molecule has 0 aromatic heterocycles. The van der Waals surface area contributed by atoms with Crippen molar-refractivity contribution in [1.82, 2.24) is 0 Å². The van der Waals surface area contributed by atoms with Gasteiger partial charge in [-0.25, -0.2) is 0 Å². The van der Waals surface area contributed by atoms with Crippen molar-refractivity contribution in [1.29, 1.82) is 0 Å². The molecule has 12 heavy (non-hydrogen) atoms. The number of hydrogen-bond donors (Lipinski definition) is 0. The quantitative estimate of drug-likeness (QED) is 0.431. The van der Waals surface area contributed by atoms with Crippen LogP contribution in [0, 0.1) is 23.7 Å². The van der Waals surface area contributed by atoms with Crippen LogP contribution in [0.2, 0.25) is 0 Å². The first-order valence-corrected chi connectivity index (χ1v) is 7.38. The van der Waals surface area contributed by atoms with Gasteiger partial charge in [-0.15, -0.1) is 0 Å². The standard InChI is InChI=1S/C10H14S2/c1-6-2-8-4-7(1)5-9(3-6)10(8)11-12-10/h6-9H,1-5H2. The normalized spacial score (nSPS) is 58.0. The number of rotatable bonds is 0. The Balaban J connectivity index is 1.78. The molecule has 5 aliphatic rings. The van der Waals surface area contributed by atoms with Crippen molar-refractivity contribution >= 4 is 21.6 Å². The fraction of sp³-hybridized carbons (Fsp3) is 1.00. The smallest absolute Gasteiger partial charge is 0.0733 e. The highest BCUT2D eigenvalue weighted by molar-refractivity contribution is 8.93. The highest BCUT2D eigenvalue weighted by Crippen LogP contribution is 2.80. The summed E-state index contributed by atoms with van der Waals surface area (Å²) in [7, 11) is 4.45. The second-order valence-electron chi connectivity index (χ2n) is 5.19. The predicted molar refractivity (Wildman–Crippen MR) is 55.0 cm³/mol. The van der Waals surface area contributed by atoms with Gasteiger partial charge in [0.2, 0.25) is 0 Å². The van der Waals surface area contributed by atoms with E-state index in [4.69, 9.17) is 0 Å². The molecule has 1 saturated heterocycles. The molecular formula is C10H14S2. The average Bonchev–Trinajstić information content (AvgIpc) is 2.79. The maximum Gasteiger partial charge on any atom is 0.0874 e. The van der Waals surface area contributed by atoms with Crippen LogP contribution in [0.3, 0.4) is 0 Å². The first-order valence-electron chi connectivity index (χ1n) is 5.23. The van der Waals surface area contributed by atoms with Gasteiger partial charge in [-0.05, 0) is 55.8 Å². The van der Waals surface area contributed by atoms with E-state index in [2.05, 4.69) is 21.6 Å². The van der Waals surface area contributed by atoms with Crippen molar-refractivity contribution in [2.45, 2.75) is 36.2 Å². The van der Waals surface area contributed by atoms with E-state index in [1.54, 1.807) is 32.1 Å². The highest BCUT2D eigenvalue weighted by atomic mass is 33.2. The second-order valence-corrected chi connectivity index (χ2v) is 8.14. The molecule has 66 valence electrons. The predicted octanol–water partition coefficient (Wildman–Crippen LogP) is 3.53. The molecule has 4 bridgehead atoms. The lowest BCUT2D eigenvalue weighted by atomic mass is 9.56. The van der Waals surface area contributed by atoms with Gasteiger partial charge in [0.05, 0.1) is 4.08 Å². The first kappa shape index (κ1) is 7.05. The van der Waals surface area contributed by atoms with Gasteiger partial charge in [0, 0.05) is 0 Å². The fourth-order valence-corrected chi connectivity index (χ4v) is 7.49. The van der Waals surface area contributed by atoms with Crippen molar-refractivity contribution in [2.24, 2.45) is 23.7 Å². The molecule has 1 aliphatic heterocycles. The summed E-state index contributed by atoms with van der Waals surface area (Å²) in [5, 5.41) is 0. The Labute approximate surface area is 81.6 Å². The van der Waals surface area contributed by atoms with Crippen LogP contribution in [-0.2, 0) is 0 Å². The largest absolute Gasteiger partial charge is 0.0874 e. The lowest BCUT2D eigenvalue weighted by Gasteiger charge is -2.53. The molecule has 4 saturated carbocycles. The van der Waals surface area contributed by atoms with Crippen LogP contribution in [0.15, 0.2) is 0 Å². The van der Waals surface area contributed by atoms with Gasteiger partial charge in [-0.1, -0.05) is 21.6 Å². The molecule has 1 heterocycles. The third kappa shape index (κ3) is 0.708. The number of hydrogen-bond acceptors (Lipinski definition) is 2. The molecule has 0 aromatic rings. The summed E-state index contributed by atoms with van der Waals surface area (Å²) in [6.07, 6.45) is 7.96. The van der Waals surface area contributed by atoms with Crippen LogP contribution in [0.4, 0.5) is 0 Å². The summed E-state index contributed by atoms with van der Waals surface area (Å²) >= 11 is 0. The zero-order chi connectivity index (χ0) is 7.76. The lowest BCUT2D eigenvalue weighted by Crippen LogP contribution is -2.48. The Kier molecular flexibility index (Phi) is 1.19. The van der Waals surface area contributed by atoms with Crippen molar-refractivity contribution in [3.05, 3.63) is 0 Å². The third-order valence-corrected chi connectivity index (χ3v) is 8.09. The van der Waals surface area contributed by atoms with Crippen molar-refractivity contribution in [3.63, 3.8) is 0 Å². The van der Waals surface area contributed by atoms with Crippen molar-refractivity contribution in [2.75, 3.05) is 0 Å². The van der Waals surface area contributed by atoms with Crippen LogP contribution < -0.4 is 0 Å². The van der Waals surface area contributed by atoms with Gasteiger partial charge < -0.3 is 0 Å². The minimum Gasteiger partial charge on any atom is -0.0733 e. The third-order valence-electron chi connectivity index (χ3n) is 4.55. The first-order chi connectivity index (χ1) is 5.87. The van der Waals surface area contributed by atoms with Gasteiger partial charge >= 0.3 is 0 Å². The minimum absolute atomic E-state index is 0.785. The van der Waals surface area contributed by atoms with E-state index >= 15 is 0 Å². The SMILES string of the molecule is C1C2CC3CC1CC(C2)C31SS1. The maximum atomic E-state index is 2.22. The zero-order valence-electron chi connectivity index (χ0n) is 7.16. The fourth-order valence-electron chi connectivity index (χ4n) is 4.16. The van der Waals surface area contributed by atoms with Gasteiger partial charge in [0.1, 0.15) is 0 Å². The Morgan fingerprint density at radius 2 is 1.25 bits per heavy atom. The van der Waals surface area contributed by atoms with E-state index in [0.29, 0.717) is 0 Å². The molecule has 4 aliphatic carbocycles. The molecule has 5 rings (SSSR count). The highest BCUT2D eigenvalue weighted by Gasteiger charge is 2.65. The van der Waals surface area contributed by atoms with Crippen LogP contribution >= 0.6 is 21.6 Å². The molecular weight excluding hydrogens is 184 g/mol. The molecule has 0 atom stereocenters. The summed E-state index contributed by atoms with van der Waals surface area (Å²) in [5.41, 5.74) is 0. The molecule has 1 spiro atoms. The van der Waals surface area contributed by atoms with Gasteiger partial charge in [0.15, 0.2) is 0 Å². The molecule has 2 heteroatoms. The zero-order valence-corrected chi connectivity index (χ0v) is 8.79. The Hall–Kier alpha value is 0.700. The van der Waals surface area contributed by atoms with E-state index < -0.39 is 0 Å². The Bertz CT molecular complexity index is 202. The molecule has 0 amide bonds. The molecule has 0 aromatic carbocycles. The van der Waals surface area contributed by atoms with Gasteiger partial charge in [0.25, 0.3) is 0 Å².